The van der Waals surface area contributed by atoms with Gasteiger partial charge in [0.25, 0.3) is 0 Å². The third-order valence-electron chi connectivity index (χ3n) is 3.93. The molecule has 1 aromatic rings. The van der Waals surface area contributed by atoms with Crippen LogP contribution in [0.1, 0.15) is 33.0 Å². The van der Waals surface area contributed by atoms with Gasteiger partial charge in [0.15, 0.2) is 5.82 Å². The van der Waals surface area contributed by atoms with E-state index >= 15 is 0 Å². The zero-order chi connectivity index (χ0) is 17.0. The molecule has 23 heavy (non-hydrogen) atoms. The molecule has 1 N–H and O–H groups in total. The molecule has 1 aliphatic rings. The number of nitrogens with one attached hydrogen (secondary N) is 1. The van der Waals surface area contributed by atoms with Crippen LogP contribution in [0.15, 0.2) is 10.6 Å². The molecule has 0 saturated carbocycles. The Labute approximate surface area is 141 Å². The van der Waals surface area contributed by atoms with Crippen molar-refractivity contribution in [2.75, 3.05) is 24.2 Å². The van der Waals surface area contributed by atoms with Gasteiger partial charge in [0.2, 0.25) is 11.8 Å². The second-order valence-corrected chi connectivity index (χ2v) is 7.84. The first-order valence-corrected chi connectivity index (χ1v) is 9.03. The summed E-state index contributed by atoms with van der Waals surface area (Å²) < 4.78 is 4.91. The number of carbonyl (C=O) groups is 2. The van der Waals surface area contributed by atoms with Crippen LogP contribution >= 0.6 is 11.8 Å². The molecule has 0 aromatic carbocycles. The number of amides is 2. The zero-order valence-electron chi connectivity index (χ0n) is 14.2. The van der Waals surface area contributed by atoms with Gasteiger partial charge in [-0.15, -0.1) is 11.8 Å². The van der Waals surface area contributed by atoms with Crippen LogP contribution in [-0.4, -0.2) is 46.0 Å². The lowest BCUT2D eigenvalue weighted by molar-refractivity contribution is -0.130. The Morgan fingerprint density at radius 1 is 1.43 bits per heavy atom. The highest BCUT2D eigenvalue weighted by molar-refractivity contribution is 8.01. The van der Waals surface area contributed by atoms with Crippen molar-refractivity contribution in [3.05, 3.63) is 11.8 Å². The highest BCUT2D eigenvalue weighted by Crippen LogP contribution is 2.22. The summed E-state index contributed by atoms with van der Waals surface area (Å²) in [7, 11) is 0. The van der Waals surface area contributed by atoms with Crippen molar-refractivity contribution in [1.29, 1.82) is 0 Å². The lowest BCUT2D eigenvalue weighted by atomic mass is 9.92. The van der Waals surface area contributed by atoms with Crippen molar-refractivity contribution in [2.45, 2.75) is 39.4 Å². The van der Waals surface area contributed by atoms with Crippen molar-refractivity contribution in [1.82, 2.24) is 10.1 Å². The first kappa shape index (κ1) is 17.8. The highest BCUT2D eigenvalue weighted by Gasteiger charge is 2.26. The first-order valence-electron chi connectivity index (χ1n) is 7.98. The summed E-state index contributed by atoms with van der Waals surface area (Å²) in [5, 5.41) is 6.10. The van der Waals surface area contributed by atoms with E-state index < -0.39 is 0 Å². The maximum absolute atomic E-state index is 12.3. The van der Waals surface area contributed by atoms with Crippen molar-refractivity contribution >= 4 is 29.4 Å². The second-order valence-electron chi connectivity index (χ2n) is 6.51. The van der Waals surface area contributed by atoms with Crippen LogP contribution in [0.25, 0.3) is 0 Å². The Bertz CT molecular complexity index is 551. The number of aryl methyl sites for hydroxylation is 1. The number of rotatable bonds is 5. The normalized spacial score (nSPS) is 22.7. The summed E-state index contributed by atoms with van der Waals surface area (Å²) in [6.45, 7) is 9.56. The minimum absolute atomic E-state index is 0.116. The smallest absolute Gasteiger partial charge is 0.238 e. The van der Waals surface area contributed by atoms with Crippen LogP contribution in [0.3, 0.4) is 0 Å². The minimum atomic E-state index is -0.324. The molecule has 0 bridgehead atoms. The van der Waals surface area contributed by atoms with Gasteiger partial charge in [-0.2, -0.15) is 0 Å². The Balaban J connectivity index is 1.77. The molecule has 1 aromatic heterocycles. The van der Waals surface area contributed by atoms with Crippen molar-refractivity contribution in [2.24, 2.45) is 11.8 Å². The SMILES string of the molecule is Cc1cc(NC(=O)[C@H](C)SCC(=O)N2C[C@H](C)C[C@H](C)C2)no1. The van der Waals surface area contributed by atoms with Gasteiger partial charge in [-0.05, 0) is 32.1 Å². The third-order valence-corrected chi connectivity index (χ3v) is 5.05. The molecular weight excluding hydrogens is 314 g/mol. The number of likely N-dealkylation sites (tertiary alicyclic amines) is 1. The Morgan fingerprint density at radius 2 is 2.09 bits per heavy atom. The van der Waals surface area contributed by atoms with Crippen LogP contribution in [0.5, 0.6) is 0 Å². The van der Waals surface area contributed by atoms with Crippen LogP contribution in [0.2, 0.25) is 0 Å². The van der Waals surface area contributed by atoms with Crippen molar-refractivity contribution in [3.63, 3.8) is 0 Å². The van der Waals surface area contributed by atoms with Gasteiger partial charge in [0, 0.05) is 19.2 Å². The van der Waals surface area contributed by atoms with Crippen molar-refractivity contribution in [3.8, 4) is 0 Å². The summed E-state index contributed by atoms with van der Waals surface area (Å²) >= 11 is 1.35. The summed E-state index contributed by atoms with van der Waals surface area (Å²) in [5.74, 6) is 2.41. The molecule has 7 heteroatoms. The van der Waals surface area contributed by atoms with Gasteiger partial charge in [0.1, 0.15) is 5.76 Å². The number of aromatic nitrogens is 1. The number of anilines is 1. The maximum Gasteiger partial charge on any atom is 0.238 e. The molecular formula is C16H25N3O3S. The number of hydrogen-bond acceptors (Lipinski definition) is 5. The average molecular weight is 339 g/mol. The number of nitrogens with zero attached hydrogens (tertiary/aromatic N) is 2. The van der Waals surface area contributed by atoms with Gasteiger partial charge in [-0.25, -0.2) is 0 Å². The van der Waals surface area contributed by atoms with E-state index in [1.807, 2.05) is 4.90 Å². The summed E-state index contributed by atoms with van der Waals surface area (Å²) in [4.78, 5) is 26.3. The maximum atomic E-state index is 12.3. The van der Waals surface area contributed by atoms with Crippen LogP contribution < -0.4 is 5.32 Å². The minimum Gasteiger partial charge on any atom is -0.360 e. The monoisotopic (exact) mass is 339 g/mol. The Hall–Kier alpha value is -1.50. The number of hydrogen-bond donors (Lipinski definition) is 1. The van der Waals surface area contributed by atoms with Gasteiger partial charge < -0.3 is 14.7 Å². The van der Waals surface area contributed by atoms with E-state index in [2.05, 4.69) is 24.3 Å². The Kier molecular flexibility index (Phi) is 6.10. The summed E-state index contributed by atoms with van der Waals surface area (Å²) in [6, 6.07) is 1.66. The quantitative estimate of drug-likeness (QED) is 0.892. The molecule has 0 radical (unpaired) electrons. The van der Waals surface area contributed by atoms with Gasteiger partial charge in [0.05, 0.1) is 11.0 Å². The molecule has 2 heterocycles. The number of carbonyl (C=O) groups excluding carboxylic acids is 2. The van der Waals surface area contributed by atoms with Crippen LogP contribution in [-0.2, 0) is 9.59 Å². The van der Waals surface area contributed by atoms with Crippen LogP contribution in [0.4, 0.5) is 5.82 Å². The number of thioether (sulfide) groups is 1. The molecule has 0 aliphatic carbocycles. The molecule has 2 rings (SSSR count). The van der Waals surface area contributed by atoms with E-state index in [1.165, 1.54) is 18.2 Å². The van der Waals surface area contributed by atoms with Gasteiger partial charge in [-0.3, -0.25) is 9.59 Å². The lowest BCUT2D eigenvalue weighted by Gasteiger charge is -2.35. The summed E-state index contributed by atoms with van der Waals surface area (Å²) in [6.07, 6.45) is 1.17. The predicted octanol–water partition coefficient (Wildman–Crippen LogP) is 2.55. The molecule has 0 spiro atoms. The predicted molar refractivity (Wildman–Crippen MR) is 91.3 cm³/mol. The molecule has 2 amide bonds. The van der Waals surface area contributed by atoms with E-state index in [1.54, 1.807) is 19.9 Å². The molecule has 6 nitrogen and oxygen atoms in total. The topological polar surface area (TPSA) is 75.4 Å². The number of piperidine rings is 1. The fraction of sp³-hybridized carbons (Fsp3) is 0.688. The fourth-order valence-corrected chi connectivity index (χ4v) is 3.67. The van der Waals surface area contributed by atoms with Crippen molar-refractivity contribution < 1.29 is 14.1 Å². The Morgan fingerprint density at radius 3 is 2.65 bits per heavy atom. The van der Waals surface area contributed by atoms with E-state index in [-0.39, 0.29) is 17.1 Å². The first-order chi connectivity index (χ1) is 10.8. The highest BCUT2D eigenvalue weighted by atomic mass is 32.2. The molecule has 1 saturated heterocycles. The van der Waals surface area contributed by atoms with E-state index in [9.17, 15) is 9.59 Å². The molecule has 3 atom stereocenters. The average Bonchev–Trinajstić information content (AvgIpc) is 2.88. The van der Waals surface area contributed by atoms with Crippen LogP contribution in [0, 0.1) is 18.8 Å². The molecule has 0 unspecified atom stereocenters. The van der Waals surface area contributed by atoms with E-state index in [0.29, 0.717) is 29.2 Å². The van der Waals surface area contributed by atoms with E-state index in [0.717, 1.165) is 13.1 Å². The third kappa shape index (κ3) is 5.27. The largest absolute Gasteiger partial charge is 0.360 e. The van der Waals surface area contributed by atoms with Gasteiger partial charge in [-0.1, -0.05) is 19.0 Å². The summed E-state index contributed by atoms with van der Waals surface area (Å²) in [5.41, 5.74) is 0. The lowest BCUT2D eigenvalue weighted by Crippen LogP contribution is -2.43. The molecule has 1 aliphatic heterocycles. The second kappa shape index (κ2) is 7.86. The van der Waals surface area contributed by atoms with E-state index in [4.69, 9.17) is 4.52 Å². The molecule has 128 valence electrons. The standard InChI is InChI=1S/C16H25N3O3S/c1-10-5-11(2)8-19(7-10)15(20)9-23-13(4)16(21)17-14-6-12(3)22-18-14/h6,10-11,13H,5,7-9H2,1-4H3,(H,17,18,21)/t10-,11+,13-/m0/s1. The van der Waals surface area contributed by atoms with Gasteiger partial charge >= 0.3 is 0 Å². The molecule has 1 fully saturated rings. The zero-order valence-corrected chi connectivity index (χ0v) is 15.0. The fourth-order valence-electron chi connectivity index (χ4n) is 2.88.